The van der Waals surface area contributed by atoms with Crippen molar-refractivity contribution >= 4 is 5.91 Å². The maximum Gasteiger partial charge on any atom is 0.253 e. The molecule has 1 N–H and O–H groups in total. The second kappa shape index (κ2) is 7.20. The van der Waals surface area contributed by atoms with Crippen LogP contribution < -0.4 is 0 Å². The average molecular weight is 256 g/mol. The van der Waals surface area contributed by atoms with Gasteiger partial charge in [0.2, 0.25) is 0 Å². The summed E-state index contributed by atoms with van der Waals surface area (Å²) in [6, 6.07) is 7.29. The zero-order chi connectivity index (χ0) is 14.3. The van der Waals surface area contributed by atoms with Crippen LogP contribution in [0, 0.1) is 30.1 Å². The normalized spacial score (nSPS) is 9.16. The molecule has 0 saturated carbocycles. The number of aryl methyl sites for hydroxylation is 1. The third-order valence-electron chi connectivity index (χ3n) is 2.69. The summed E-state index contributed by atoms with van der Waals surface area (Å²) < 4.78 is 0. The van der Waals surface area contributed by atoms with Crippen LogP contribution in [-0.4, -0.2) is 36.1 Å². The van der Waals surface area contributed by atoms with Crippen LogP contribution in [-0.2, 0) is 0 Å². The number of aliphatic hydroxyl groups excluding tert-OH is 1. The molecule has 4 heteroatoms. The smallest absolute Gasteiger partial charge is 0.253 e. The third-order valence-corrected chi connectivity index (χ3v) is 2.69. The van der Waals surface area contributed by atoms with Gasteiger partial charge in [-0.05, 0) is 24.6 Å². The Labute approximate surface area is 113 Å². The Morgan fingerprint density at radius 3 is 2.84 bits per heavy atom. The van der Waals surface area contributed by atoms with E-state index in [2.05, 4.69) is 11.8 Å². The van der Waals surface area contributed by atoms with E-state index in [1.807, 2.05) is 19.1 Å². The molecule has 1 rings (SSSR count). The van der Waals surface area contributed by atoms with Crippen molar-refractivity contribution in [1.29, 1.82) is 5.26 Å². The standard InChI is InChI=1S/C15H16N2O2/c1-12-6-7-14(11-13(12)5-3-10-18)15(19)17(2)9-4-8-16/h6-7,11,18H,4,9-10H2,1-2H3. The Bertz CT molecular complexity index is 562. The molecular weight excluding hydrogens is 240 g/mol. The summed E-state index contributed by atoms with van der Waals surface area (Å²) in [4.78, 5) is 13.6. The van der Waals surface area contributed by atoms with Crippen molar-refractivity contribution in [2.45, 2.75) is 13.3 Å². The highest BCUT2D eigenvalue weighted by molar-refractivity contribution is 5.94. The SMILES string of the molecule is Cc1ccc(C(=O)N(C)CCC#N)cc1C#CCO. The molecule has 19 heavy (non-hydrogen) atoms. The highest BCUT2D eigenvalue weighted by atomic mass is 16.2. The van der Waals surface area contributed by atoms with Crippen LogP contribution >= 0.6 is 0 Å². The fourth-order valence-electron chi connectivity index (χ4n) is 1.56. The van der Waals surface area contributed by atoms with Gasteiger partial charge >= 0.3 is 0 Å². The van der Waals surface area contributed by atoms with E-state index in [1.165, 1.54) is 4.90 Å². The molecule has 0 aliphatic rings. The van der Waals surface area contributed by atoms with E-state index in [9.17, 15) is 4.79 Å². The summed E-state index contributed by atoms with van der Waals surface area (Å²) in [5, 5.41) is 17.2. The first-order chi connectivity index (χ1) is 9.10. The van der Waals surface area contributed by atoms with E-state index < -0.39 is 0 Å². The Morgan fingerprint density at radius 2 is 2.21 bits per heavy atom. The second-order valence-electron chi connectivity index (χ2n) is 4.12. The minimum atomic E-state index is -0.209. The number of carbonyl (C=O) groups is 1. The van der Waals surface area contributed by atoms with Gasteiger partial charge in [0.15, 0.2) is 0 Å². The van der Waals surface area contributed by atoms with Crippen LogP contribution in [0.15, 0.2) is 18.2 Å². The topological polar surface area (TPSA) is 64.3 Å². The number of benzene rings is 1. The number of hydrogen-bond acceptors (Lipinski definition) is 3. The van der Waals surface area contributed by atoms with Gasteiger partial charge in [-0.3, -0.25) is 4.79 Å². The third kappa shape index (κ3) is 4.13. The lowest BCUT2D eigenvalue weighted by Crippen LogP contribution is -2.27. The molecule has 1 amide bonds. The van der Waals surface area contributed by atoms with E-state index in [-0.39, 0.29) is 12.5 Å². The molecule has 0 bridgehead atoms. The first-order valence-corrected chi connectivity index (χ1v) is 5.93. The molecule has 4 nitrogen and oxygen atoms in total. The molecule has 98 valence electrons. The van der Waals surface area contributed by atoms with Crippen LogP contribution in [0.5, 0.6) is 0 Å². The summed E-state index contributed by atoms with van der Waals surface area (Å²) in [7, 11) is 1.67. The quantitative estimate of drug-likeness (QED) is 0.830. The Morgan fingerprint density at radius 1 is 1.47 bits per heavy atom. The fraction of sp³-hybridized carbons (Fsp3) is 0.333. The van der Waals surface area contributed by atoms with Gasteiger partial charge in [-0.25, -0.2) is 0 Å². The van der Waals surface area contributed by atoms with Gasteiger partial charge in [0.25, 0.3) is 5.91 Å². The average Bonchev–Trinajstić information content (AvgIpc) is 2.43. The fourth-order valence-corrected chi connectivity index (χ4v) is 1.56. The molecule has 0 aliphatic carbocycles. The highest BCUT2D eigenvalue weighted by Crippen LogP contribution is 2.12. The van der Waals surface area contributed by atoms with E-state index in [1.54, 1.807) is 19.2 Å². The number of aliphatic hydroxyl groups is 1. The maximum absolute atomic E-state index is 12.1. The van der Waals surface area contributed by atoms with Gasteiger partial charge in [0.1, 0.15) is 6.61 Å². The van der Waals surface area contributed by atoms with E-state index in [0.717, 1.165) is 11.1 Å². The van der Waals surface area contributed by atoms with Gasteiger partial charge in [-0.1, -0.05) is 17.9 Å². The van der Waals surface area contributed by atoms with Gasteiger partial charge in [-0.15, -0.1) is 0 Å². The van der Waals surface area contributed by atoms with Crippen molar-refractivity contribution in [3.05, 3.63) is 34.9 Å². The predicted molar refractivity (Wildman–Crippen MR) is 72.3 cm³/mol. The monoisotopic (exact) mass is 256 g/mol. The van der Waals surface area contributed by atoms with Crippen LogP contribution in [0.2, 0.25) is 0 Å². The summed E-state index contributed by atoms with van der Waals surface area (Å²) >= 11 is 0. The minimum Gasteiger partial charge on any atom is -0.384 e. The van der Waals surface area contributed by atoms with Gasteiger partial charge < -0.3 is 10.0 Å². The minimum absolute atomic E-state index is 0.137. The lowest BCUT2D eigenvalue weighted by molar-refractivity contribution is 0.0798. The number of carbonyl (C=O) groups excluding carboxylic acids is 1. The number of nitriles is 1. The van der Waals surface area contributed by atoms with E-state index >= 15 is 0 Å². The Hall–Kier alpha value is -2.30. The summed E-state index contributed by atoms with van der Waals surface area (Å²) in [5.41, 5.74) is 2.22. The zero-order valence-electron chi connectivity index (χ0n) is 11.1. The molecule has 0 unspecified atom stereocenters. The lowest BCUT2D eigenvalue weighted by atomic mass is 10.0. The second-order valence-corrected chi connectivity index (χ2v) is 4.12. The van der Waals surface area contributed by atoms with Gasteiger partial charge in [-0.2, -0.15) is 5.26 Å². The molecule has 0 saturated heterocycles. The first kappa shape index (κ1) is 14.8. The summed E-state index contributed by atoms with van der Waals surface area (Å²) in [6.45, 7) is 2.09. The Kier molecular flexibility index (Phi) is 5.60. The van der Waals surface area contributed by atoms with Crippen LogP contribution in [0.1, 0.15) is 27.9 Å². The molecule has 0 atom stereocenters. The maximum atomic E-state index is 12.1. The first-order valence-electron chi connectivity index (χ1n) is 5.93. The van der Waals surface area contributed by atoms with Crippen molar-refractivity contribution in [2.75, 3.05) is 20.2 Å². The number of rotatable bonds is 3. The predicted octanol–water partition coefficient (Wildman–Crippen LogP) is 1.32. The summed E-state index contributed by atoms with van der Waals surface area (Å²) in [5.74, 6) is 5.25. The molecule has 0 spiro atoms. The van der Waals surface area contributed by atoms with E-state index in [0.29, 0.717) is 18.5 Å². The largest absolute Gasteiger partial charge is 0.384 e. The number of hydrogen-bond donors (Lipinski definition) is 1. The number of amides is 1. The van der Waals surface area contributed by atoms with Crippen LogP contribution in [0.25, 0.3) is 0 Å². The van der Waals surface area contributed by atoms with Crippen LogP contribution in [0.3, 0.4) is 0 Å². The lowest BCUT2D eigenvalue weighted by Gasteiger charge is -2.15. The van der Waals surface area contributed by atoms with Crippen molar-refractivity contribution in [1.82, 2.24) is 4.90 Å². The molecule has 0 aromatic heterocycles. The molecule has 0 fully saturated rings. The van der Waals surface area contributed by atoms with Gasteiger partial charge in [0.05, 0.1) is 12.5 Å². The summed E-state index contributed by atoms with van der Waals surface area (Å²) in [6.07, 6.45) is 0.311. The van der Waals surface area contributed by atoms with Crippen molar-refractivity contribution in [3.63, 3.8) is 0 Å². The van der Waals surface area contributed by atoms with Crippen LogP contribution in [0.4, 0.5) is 0 Å². The number of nitrogens with zero attached hydrogens (tertiary/aromatic N) is 2. The Balaban J connectivity index is 2.96. The van der Waals surface area contributed by atoms with Gasteiger partial charge in [0, 0.05) is 24.7 Å². The highest BCUT2D eigenvalue weighted by Gasteiger charge is 2.12. The molecular formula is C15H16N2O2. The zero-order valence-corrected chi connectivity index (χ0v) is 11.1. The van der Waals surface area contributed by atoms with Crippen molar-refractivity contribution in [3.8, 4) is 17.9 Å². The molecule has 0 radical (unpaired) electrons. The van der Waals surface area contributed by atoms with Crippen molar-refractivity contribution < 1.29 is 9.90 Å². The van der Waals surface area contributed by atoms with Crippen molar-refractivity contribution in [2.24, 2.45) is 0 Å². The molecule has 1 aromatic carbocycles. The van der Waals surface area contributed by atoms with E-state index in [4.69, 9.17) is 10.4 Å². The molecule has 0 heterocycles. The molecule has 1 aromatic rings. The molecule has 0 aliphatic heterocycles.